The van der Waals surface area contributed by atoms with Crippen LogP contribution in [-0.4, -0.2) is 78.1 Å². The monoisotopic (exact) mass is 555 g/mol. The predicted octanol–water partition coefficient (Wildman–Crippen LogP) is 5.66. The standard InChI is InChI=1S/C26H33ClF3N5OS/c1-19-4-7-24(31-18-19)34-15-13-33(14-16-34)10-2-3-25(36)35-11-8-20(9-12-35)32-21-5-6-22(27)23(17-21)37-26(28,29)30/h4-7,17-18,20,32H,2-3,8-16H2,1H3. The molecular weight excluding hydrogens is 523 g/mol. The van der Waals surface area contributed by atoms with Crippen LogP contribution in [0.2, 0.25) is 5.02 Å². The lowest BCUT2D eigenvalue weighted by Gasteiger charge is -2.36. The lowest BCUT2D eigenvalue weighted by Crippen LogP contribution is -2.47. The Balaban J connectivity index is 1.14. The number of benzene rings is 1. The minimum absolute atomic E-state index is 0.0139. The van der Waals surface area contributed by atoms with Gasteiger partial charge in [-0.1, -0.05) is 17.7 Å². The smallest absolute Gasteiger partial charge is 0.382 e. The Labute approximate surface area is 225 Å². The van der Waals surface area contributed by atoms with Crippen LogP contribution in [0.5, 0.6) is 0 Å². The molecule has 0 atom stereocenters. The highest BCUT2D eigenvalue weighted by Gasteiger charge is 2.30. The summed E-state index contributed by atoms with van der Waals surface area (Å²) in [7, 11) is 0. The van der Waals surface area contributed by atoms with E-state index >= 15 is 0 Å². The van der Waals surface area contributed by atoms with Crippen molar-refractivity contribution in [2.45, 2.75) is 49.1 Å². The Morgan fingerprint density at radius 2 is 1.84 bits per heavy atom. The molecule has 2 fully saturated rings. The van der Waals surface area contributed by atoms with Gasteiger partial charge in [0.05, 0.1) is 5.02 Å². The zero-order valence-corrected chi connectivity index (χ0v) is 22.5. The van der Waals surface area contributed by atoms with Crippen molar-refractivity contribution >= 4 is 40.8 Å². The first-order valence-electron chi connectivity index (χ1n) is 12.7. The summed E-state index contributed by atoms with van der Waals surface area (Å²) in [6.45, 7) is 8.06. The highest BCUT2D eigenvalue weighted by Crippen LogP contribution is 2.41. The topological polar surface area (TPSA) is 51.7 Å². The van der Waals surface area contributed by atoms with Gasteiger partial charge in [0.25, 0.3) is 0 Å². The number of halogens is 4. The van der Waals surface area contributed by atoms with E-state index in [9.17, 15) is 18.0 Å². The third-order valence-electron chi connectivity index (χ3n) is 6.83. The van der Waals surface area contributed by atoms with E-state index in [0.29, 0.717) is 25.2 Å². The number of aromatic nitrogens is 1. The van der Waals surface area contributed by atoms with Gasteiger partial charge in [0, 0.05) is 68.5 Å². The van der Waals surface area contributed by atoms with E-state index in [4.69, 9.17) is 11.6 Å². The Morgan fingerprint density at radius 3 is 2.49 bits per heavy atom. The van der Waals surface area contributed by atoms with Crippen LogP contribution >= 0.6 is 23.4 Å². The molecule has 0 unspecified atom stereocenters. The molecule has 2 aliphatic rings. The zero-order valence-electron chi connectivity index (χ0n) is 20.9. The second kappa shape index (κ2) is 12.6. The van der Waals surface area contributed by atoms with E-state index in [2.05, 4.69) is 32.2 Å². The second-order valence-electron chi connectivity index (χ2n) is 9.62. The average molecular weight is 556 g/mol. The van der Waals surface area contributed by atoms with Crippen molar-refractivity contribution in [3.8, 4) is 0 Å². The lowest BCUT2D eigenvalue weighted by molar-refractivity contribution is -0.132. The first-order valence-corrected chi connectivity index (χ1v) is 13.9. The number of amides is 1. The predicted molar refractivity (Wildman–Crippen MR) is 143 cm³/mol. The number of piperidine rings is 1. The van der Waals surface area contributed by atoms with E-state index in [1.54, 1.807) is 6.07 Å². The van der Waals surface area contributed by atoms with Crippen molar-refractivity contribution in [3.05, 3.63) is 47.1 Å². The van der Waals surface area contributed by atoms with E-state index in [1.165, 1.54) is 12.1 Å². The van der Waals surface area contributed by atoms with Crippen LogP contribution in [0.4, 0.5) is 24.7 Å². The first kappa shape index (κ1) is 27.9. The lowest BCUT2D eigenvalue weighted by atomic mass is 10.0. The van der Waals surface area contributed by atoms with Crippen molar-refractivity contribution in [2.75, 3.05) is 56.0 Å². The van der Waals surface area contributed by atoms with Gasteiger partial charge in [-0.05, 0) is 74.3 Å². The Hall–Kier alpha value is -2.17. The normalized spacial score (nSPS) is 17.8. The zero-order chi connectivity index (χ0) is 26.4. The molecule has 202 valence electrons. The number of thioether (sulfide) groups is 1. The second-order valence-corrected chi connectivity index (χ2v) is 11.1. The summed E-state index contributed by atoms with van der Waals surface area (Å²) < 4.78 is 38.3. The summed E-state index contributed by atoms with van der Waals surface area (Å²) >= 11 is 5.72. The number of alkyl halides is 3. The van der Waals surface area contributed by atoms with E-state index in [-0.39, 0.29) is 33.6 Å². The maximum Gasteiger partial charge on any atom is 0.446 e. The maximum absolute atomic E-state index is 12.8. The summed E-state index contributed by atoms with van der Waals surface area (Å²) in [5, 5.41) is 3.39. The molecule has 1 aromatic heterocycles. The molecule has 11 heteroatoms. The minimum Gasteiger partial charge on any atom is -0.382 e. The van der Waals surface area contributed by atoms with Crippen LogP contribution in [0.25, 0.3) is 0 Å². The molecule has 6 nitrogen and oxygen atoms in total. The van der Waals surface area contributed by atoms with Gasteiger partial charge in [0.15, 0.2) is 0 Å². The Bertz CT molecular complexity index is 1040. The van der Waals surface area contributed by atoms with Crippen molar-refractivity contribution in [2.24, 2.45) is 0 Å². The number of hydrogen-bond acceptors (Lipinski definition) is 6. The molecular formula is C26H33ClF3N5OS. The molecule has 0 aliphatic carbocycles. The van der Waals surface area contributed by atoms with Gasteiger partial charge in [-0.2, -0.15) is 13.2 Å². The van der Waals surface area contributed by atoms with Crippen LogP contribution in [-0.2, 0) is 4.79 Å². The molecule has 0 saturated carbocycles. The van der Waals surface area contributed by atoms with E-state index in [0.717, 1.165) is 63.4 Å². The maximum atomic E-state index is 12.8. The van der Waals surface area contributed by atoms with Crippen molar-refractivity contribution < 1.29 is 18.0 Å². The van der Waals surface area contributed by atoms with Gasteiger partial charge in [0.2, 0.25) is 5.91 Å². The number of carbonyl (C=O) groups excluding carboxylic acids is 1. The van der Waals surface area contributed by atoms with Gasteiger partial charge < -0.3 is 15.1 Å². The summed E-state index contributed by atoms with van der Waals surface area (Å²) in [4.78, 5) is 23.9. The van der Waals surface area contributed by atoms with Crippen LogP contribution in [0, 0.1) is 6.92 Å². The minimum atomic E-state index is -4.39. The number of hydrogen-bond donors (Lipinski definition) is 1. The van der Waals surface area contributed by atoms with Gasteiger partial charge in [-0.15, -0.1) is 0 Å². The van der Waals surface area contributed by atoms with Crippen molar-refractivity contribution in [3.63, 3.8) is 0 Å². The van der Waals surface area contributed by atoms with E-state index < -0.39 is 5.51 Å². The number of likely N-dealkylation sites (tertiary alicyclic amines) is 1. The molecule has 0 radical (unpaired) electrons. The summed E-state index contributed by atoms with van der Waals surface area (Å²) in [5.41, 5.74) is -2.62. The van der Waals surface area contributed by atoms with Crippen LogP contribution in [0.15, 0.2) is 41.4 Å². The van der Waals surface area contributed by atoms with E-state index in [1.807, 2.05) is 18.0 Å². The summed E-state index contributed by atoms with van der Waals surface area (Å²) in [6.07, 6.45) is 4.78. The van der Waals surface area contributed by atoms with Crippen LogP contribution in [0.1, 0.15) is 31.2 Å². The quantitative estimate of drug-likeness (QED) is 0.424. The van der Waals surface area contributed by atoms with Crippen LogP contribution < -0.4 is 10.2 Å². The Kier molecular flexibility index (Phi) is 9.47. The molecule has 1 amide bonds. The molecule has 2 saturated heterocycles. The number of anilines is 2. The number of pyridine rings is 1. The van der Waals surface area contributed by atoms with Crippen LogP contribution in [0.3, 0.4) is 0 Å². The molecule has 0 spiro atoms. The summed E-state index contributed by atoms with van der Waals surface area (Å²) in [6, 6.07) is 8.88. The third kappa shape index (κ3) is 8.41. The number of piperazine rings is 1. The number of nitrogens with one attached hydrogen (secondary N) is 1. The van der Waals surface area contributed by atoms with Crippen molar-refractivity contribution in [1.82, 2.24) is 14.8 Å². The third-order valence-corrected chi connectivity index (χ3v) is 8.06. The number of carbonyl (C=O) groups is 1. The largest absolute Gasteiger partial charge is 0.446 e. The van der Waals surface area contributed by atoms with Crippen molar-refractivity contribution in [1.29, 1.82) is 0 Å². The molecule has 3 heterocycles. The highest BCUT2D eigenvalue weighted by molar-refractivity contribution is 8.00. The summed E-state index contributed by atoms with van der Waals surface area (Å²) in [5.74, 6) is 1.20. The number of rotatable bonds is 8. The van der Waals surface area contributed by atoms with Gasteiger partial charge >= 0.3 is 5.51 Å². The fourth-order valence-corrected chi connectivity index (χ4v) is 5.60. The molecule has 1 aromatic carbocycles. The van der Waals surface area contributed by atoms with Gasteiger partial charge in [-0.25, -0.2) is 4.98 Å². The first-order chi connectivity index (χ1) is 17.7. The highest BCUT2D eigenvalue weighted by atomic mass is 35.5. The van der Waals surface area contributed by atoms with Gasteiger partial charge in [-0.3, -0.25) is 9.69 Å². The van der Waals surface area contributed by atoms with Gasteiger partial charge in [0.1, 0.15) is 5.82 Å². The Morgan fingerprint density at radius 1 is 1.11 bits per heavy atom. The molecule has 0 bridgehead atoms. The molecule has 2 aromatic rings. The molecule has 2 aliphatic heterocycles. The number of aryl methyl sites for hydroxylation is 1. The SMILES string of the molecule is Cc1ccc(N2CCN(CCCC(=O)N3CCC(Nc4ccc(Cl)c(SC(F)(F)F)c4)CC3)CC2)nc1. The number of nitrogens with zero attached hydrogens (tertiary/aromatic N) is 4. The fraction of sp³-hybridized carbons (Fsp3) is 0.538. The average Bonchev–Trinajstić information content (AvgIpc) is 2.86. The molecule has 37 heavy (non-hydrogen) atoms. The fourth-order valence-electron chi connectivity index (χ4n) is 4.76. The molecule has 1 N–H and O–H groups in total. The molecule has 4 rings (SSSR count).